The third-order valence-electron chi connectivity index (χ3n) is 8.67. The van der Waals surface area contributed by atoms with Gasteiger partial charge in [-0.25, -0.2) is 0 Å². The van der Waals surface area contributed by atoms with Crippen LogP contribution in [0.3, 0.4) is 0 Å². The zero-order valence-corrected chi connectivity index (χ0v) is 34.9. The number of fused-ring (bicyclic) bond motifs is 3. The first-order valence-corrected chi connectivity index (χ1v) is 20.9. The average Bonchev–Trinajstić information content (AvgIpc) is 3.52. The van der Waals surface area contributed by atoms with Gasteiger partial charge >= 0.3 is 0 Å². The SMILES string of the molecule is [2H]C(C)(C)c1cc2c(cn1)oc1c[c-]c(-c3cc(C([2H])([2H])C(C)(C)C)ccn3)cc12.[2H]C(C)(c1ccccc1)c1cc(-c2[c-]cccc2)ncc1[Si](C)(C)C.[Ir]. The number of nitrogens with zero attached hydrogens (tertiary/aromatic N) is 3. The van der Waals surface area contributed by atoms with Gasteiger partial charge in [0.05, 0.1) is 19.9 Å². The number of hydrogen-bond acceptors (Lipinski definition) is 4. The molecule has 0 aliphatic rings. The van der Waals surface area contributed by atoms with Crippen molar-refractivity contribution >= 4 is 35.2 Å². The molecule has 0 amide bonds. The Kier molecular flexibility index (Phi) is 10.5. The van der Waals surface area contributed by atoms with E-state index in [1.807, 2.05) is 101 Å². The second-order valence-corrected chi connectivity index (χ2v) is 20.3. The number of furan rings is 1. The minimum Gasteiger partial charge on any atom is -0.499 e. The standard InChI is InChI=1S/C24H25N2O.C22H24NSi.Ir/c1-15(2)20-12-19-18-11-17(6-7-22(18)27-23(19)14-26-20)21-10-16(8-9-25-21)13-24(3,4)5;1-17(18-11-7-5-8-12-18)20-15-21(19-13-9-6-10-14-19)23-16-22(20)24(2,3)4;/h7-12,14-15H,13H2,1-5H3;5-13,15-17H,1-4H3;/q2*-1;/i13D2,15D;17D;. The molecule has 6 heteroatoms. The van der Waals surface area contributed by atoms with Crippen LogP contribution in [0.4, 0.5) is 0 Å². The van der Waals surface area contributed by atoms with Crippen LogP contribution in [-0.4, -0.2) is 23.0 Å². The quantitative estimate of drug-likeness (QED) is 0.118. The predicted octanol–water partition coefficient (Wildman–Crippen LogP) is 11.8. The number of aromatic nitrogens is 3. The molecule has 1 radical (unpaired) electrons. The van der Waals surface area contributed by atoms with Gasteiger partial charge in [0.15, 0.2) is 0 Å². The molecule has 4 nitrogen and oxygen atoms in total. The number of benzene rings is 3. The average molecular weight is 884 g/mol. The Morgan fingerprint density at radius 2 is 1.50 bits per heavy atom. The zero-order valence-electron chi connectivity index (χ0n) is 35.5. The van der Waals surface area contributed by atoms with E-state index in [1.54, 1.807) is 44.4 Å². The van der Waals surface area contributed by atoms with E-state index in [1.165, 1.54) is 5.19 Å². The van der Waals surface area contributed by atoms with Crippen molar-refractivity contribution in [2.24, 2.45) is 5.41 Å². The number of pyridine rings is 3. The summed E-state index contributed by atoms with van der Waals surface area (Å²) in [6, 6.07) is 35.7. The molecule has 3 aromatic carbocycles. The van der Waals surface area contributed by atoms with E-state index >= 15 is 0 Å². The number of hydrogen-bond donors (Lipinski definition) is 0. The largest absolute Gasteiger partial charge is 0.499 e. The van der Waals surface area contributed by atoms with Crippen LogP contribution in [0.15, 0.2) is 114 Å². The van der Waals surface area contributed by atoms with Gasteiger partial charge in [-0.2, -0.15) is 0 Å². The molecule has 1 unspecified atom stereocenters. The van der Waals surface area contributed by atoms with Crippen LogP contribution in [0.2, 0.25) is 19.6 Å². The van der Waals surface area contributed by atoms with Crippen LogP contribution in [-0.2, 0) is 26.5 Å². The molecule has 0 N–H and O–H groups in total. The summed E-state index contributed by atoms with van der Waals surface area (Å²) in [6.45, 7) is 18.2. The minimum atomic E-state index is -1.64. The summed E-state index contributed by atoms with van der Waals surface area (Å²) in [6.07, 6.45) is 3.80. The Balaban J connectivity index is 0.000000214. The first-order chi connectivity index (χ1) is 25.7. The van der Waals surface area contributed by atoms with Crippen molar-refractivity contribution in [1.29, 1.82) is 0 Å². The second kappa shape index (κ2) is 16.2. The summed E-state index contributed by atoms with van der Waals surface area (Å²) in [4.78, 5) is 13.5. The molecule has 4 heterocycles. The summed E-state index contributed by atoms with van der Waals surface area (Å²) < 4.78 is 40.5. The molecule has 0 aliphatic carbocycles. The minimum absolute atomic E-state index is 0. The summed E-state index contributed by atoms with van der Waals surface area (Å²) in [5.41, 5.74) is 7.40. The van der Waals surface area contributed by atoms with Crippen molar-refractivity contribution in [2.45, 2.75) is 79.3 Å². The van der Waals surface area contributed by atoms with E-state index in [9.17, 15) is 1.37 Å². The van der Waals surface area contributed by atoms with Gasteiger partial charge in [-0.15, -0.1) is 59.7 Å². The second-order valence-electron chi connectivity index (χ2n) is 15.2. The topological polar surface area (TPSA) is 51.8 Å². The fraction of sp³-hybridized carbons (Fsp3) is 0.283. The maximum absolute atomic E-state index is 9.17. The Morgan fingerprint density at radius 1 is 0.788 bits per heavy atom. The van der Waals surface area contributed by atoms with Gasteiger partial charge < -0.3 is 14.4 Å². The fourth-order valence-corrected chi connectivity index (χ4v) is 7.56. The molecule has 7 aromatic rings. The van der Waals surface area contributed by atoms with E-state index in [4.69, 9.17) is 13.5 Å². The zero-order chi connectivity index (χ0) is 40.0. The van der Waals surface area contributed by atoms with Gasteiger partial charge in [-0.1, -0.05) is 115 Å². The Morgan fingerprint density at radius 3 is 2.17 bits per heavy atom. The van der Waals surface area contributed by atoms with Crippen LogP contribution >= 0.6 is 0 Å². The molecule has 0 bridgehead atoms. The summed E-state index contributed by atoms with van der Waals surface area (Å²) in [5, 5.41) is 3.04. The molecule has 0 aliphatic heterocycles. The van der Waals surface area contributed by atoms with Crippen molar-refractivity contribution in [1.82, 2.24) is 15.0 Å². The van der Waals surface area contributed by atoms with Gasteiger partial charge in [0.1, 0.15) is 5.58 Å². The normalized spacial score (nSPS) is 14.6. The Bertz CT molecular complexity index is 2450. The molecule has 0 fully saturated rings. The van der Waals surface area contributed by atoms with Gasteiger partial charge in [-0.05, 0) is 57.5 Å². The van der Waals surface area contributed by atoms with Crippen molar-refractivity contribution in [2.75, 3.05) is 0 Å². The van der Waals surface area contributed by atoms with Crippen molar-refractivity contribution in [3.05, 3.63) is 144 Å². The molecule has 0 saturated heterocycles. The Labute approximate surface area is 330 Å². The molecule has 4 aromatic heterocycles. The first-order valence-electron chi connectivity index (χ1n) is 19.4. The molecular weight excluding hydrogens is 831 g/mol. The molecular formula is C46H49IrN3OSi-2. The third-order valence-corrected chi connectivity index (χ3v) is 10.7. The van der Waals surface area contributed by atoms with E-state index in [2.05, 4.69) is 47.8 Å². The Hall–Kier alpha value is -4.22. The van der Waals surface area contributed by atoms with E-state index in [-0.39, 0.29) is 20.1 Å². The van der Waals surface area contributed by atoms with Gasteiger partial charge in [0.2, 0.25) is 0 Å². The summed E-state index contributed by atoms with van der Waals surface area (Å²) in [7, 11) is -1.64. The first kappa shape index (κ1) is 33.6. The van der Waals surface area contributed by atoms with Gasteiger partial charge in [0.25, 0.3) is 0 Å². The van der Waals surface area contributed by atoms with Crippen LogP contribution in [0.1, 0.15) is 81.2 Å². The molecule has 269 valence electrons. The molecule has 1 atom stereocenters. The van der Waals surface area contributed by atoms with Crippen molar-refractivity contribution in [3.63, 3.8) is 0 Å². The van der Waals surface area contributed by atoms with Crippen LogP contribution in [0.25, 0.3) is 44.5 Å². The van der Waals surface area contributed by atoms with E-state index in [0.717, 1.165) is 38.7 Å². The van der Waals surface area contributed by atoms with E-state index in [0.29, 0.717) is 28.1 Å². The molecule has 0 saturated carbocycles. The molecule has 7 rings (SSSR count). The maximum atomic E-state index is 9.17. The third kappa shape index (κ3) is 9.22. The van der Waals surface area contributed by atoms with E-state index < -0.39 is 31.6 Å². The van der Waals surface area contributed by atoms with Crippen LogP contribution in [0, 0.1) is 17.5 Å². The molecule has 52 heavy (non-hydrogen) atoms. The van der Waals surface area contributed by atoms with Crippen molar-refractivity contribution in [3.8, 4) is 22.5 Å². The van der Waals surface area contributed by atoms with Crippen LogP contribution < -0.4 is 5.19 Å². The summed E-state index contributed by atoms with van der Waals surface area (Å²) in [5.74, 6) is -1.63. The maximum Gasteiger partial charge on any atom is 0.139 e. The predicted molar refractivity (Wildman–Crippen MR) is 216 cm³/mol. The monoisotopic (exact) mass is 884 g/mol. The fourth-order valence-electron chi connectivity index (χ4n) is 6.04. The number of rotatable bonds is 7. The molecule has 0 spiro atoms. The van der Waals surface area contributed by atoms with Gasteiger partial charge in [-0.3, -0.25) is 4.98 Å². The summed E-state index contributed by atoms with van der Waals surface area (Å²) >= 11 is 0. The van der Waals surface area contributed by atoms with Crippen LogP contribution in [0.5, 0.6) is 0 Å². The van der Waals surface area contributed by atoms with Gasteiger partial charge in [0, 0.05) is 55.0 Å². The smallest absolute Gasteiger partial charge is 0.139 e. The van der Waals surface area contributed by atoms with Crippen molar-refractivity contribution < 1.29 is 30.0 Å².